The van der Waals surface area contributed by atoms with Gasteiger partial charge in [0.1, 0.15) is 0 Å². The Labute approximate surface area is 102 Å². The molecule has 18 heavy (non-hydrogen) atoms. The molecule has 0 saturated carbocycles. The minimum atomic E-state index is -4.43. The van der Waals surface area contributed by atoms with Gasteiger partial charge in [0.15, 0.2) is 6.29 Å². The van der Waals surface area contributed by atoms with E-state index in [-0.39, 0.29) is 11.6 Å². The van der Waals surface area contributed by atoms with Gasteiger partial charge in [-0.25, -0.2) is 0 Å². The molecule has 1 heterocycles. The Morgan fingerprint density at radius 3 is 2.61 bits per heavy atom. The van der Waals surface area contributed by atoms with Gasteiger partial charge in [-0.1, -0.05) is 0 Å². The molecule has 0 aliphatic carbocycles. The van der Waals surface area contributed by atoms with Gasteiger partial charge < -0.3 is 10.6 Å². The van der Waals surface area contributed by atoms with Crippen molar-refractivity contribution in [3.8, 4) is 0 Å². The molecule has 1 aromatic carbocycles. The van der Waals surface area contributed by atoms with E-state index >= 15 is 0 Å². The zero-order valence-electron chi connectivity index (χ0n) is 9.57. The molecule has 1 aromatic rings. The summed E-state index contributed by atoms with van der Waals surface area (Å²) >= 11 is 0. The van der Waals surface area contributed by atoms with Crippen LogP contribution in [0.15, 0.2) is 18.2 Å². The highest BCUT2D eigenvalue weighted by Crippen LogP contribution is 2.33. The molecule has 1 aliphatic heterocycles. The maximum absolute atomic E-state index is 12.5. The number of anilines is 1. The molecule has 6 heteroatoms. The number of carbonyl (C=O) groups is 1. The fraction of sp³-hybridized carbons (Fsp3) is 0.417. The molecule has 0 amide bonds. The first kappa shape index (κ1) is 12.9. The van der Waals surface area contributed by atoms with E-state index in [1.807, 2.05) is 4.90 Å². The van der Waals surface area contributed by atoms with Crippen LogP contribution in [0.4, 0.5) is 18.9 Å². The maximum atomic E-state index is 12.5. The molecule has 0 bridgehead atoms. The van der Waals surface area contributed by atoms with Crippen LogP contribution in [-0.4, -0.2) is 25.4 Å². The van der Waals surface area contributed by atoms with Crippen molar-refractivity contribution in [1.29, 1.82) is 0 Å². The van der Waals surface area contributed by atoms with Crippen molar-refractivity contribution >= 4 is 12.0 Å². The summed E-state index contributed by atoms with van der Waals surface area (Å²) in [4.78, 5) is 12.8. The number of rotatable bonds is 2. The molecule has 1 saturated heterocycles. The summed E-state index contributed by atoms with van der Waals surface area (Å²) in [5, 5.41) is 0. The topological polar surface area (TPSA) is 46.3 Å². The van der Waals surface area contributed by atoms with Gasteiger partial charge in [-0.2, -0.15) is 13.2 Å². The van der Waals surface area contributed by atoms with Crippen LogP contribution < -0.4 is 10.6 Å². The molecule has 3 nitrogen and oxygen atoms in total. The highest BCUT2D eigenvalue weighted by Gasteiger charge is 2.31. The quantitative estimate of drug-likeness (QED) is 0.826. The molecule has 1 fully saturated rings. The van der Waals surface area contributed by atoms with Gasteiger partial charge in [0.2, 0.25) is 0 Å². The van der Waals surface area contributed by atoms with E-state index < -0.39 is 11.7 Å². The lowest BCUT2D eigenvalue weighted by Crippen LogP contribution is -2.27. The van der Waals surface area contributed by atoms with Gasteiger partial charge in [0.25, 0.3) is 0 Å². The Bertz CT molecular complexity index is 459. The van der Waals surface area contributed by atoms with Crippen molar-refractivity contribution in [3.63, 3.8) is 0 Å². The molecule has 1 aliphatic rings. The Balaban J connectivity index is 2.35. The highest BCUT2D eigenvalue weighted by atomic mass is 19.4. The van der Waals surface area contributed by atoms with Gasteiger partial charge in [-0.05, 0) is 24.6 Å². The number of alkyl halides is 3. The fourth-order valence-electron chi connectivity index (χ4n) is 2.12. The second-order valence-electron chi connectivity index (χ2n) is 4.38. The molecule has 0 unspecified atom stereocenters. The van der Waals surface area contributed by atoms with Crippen LogP contribution in [-0.2, 0) is 6.18 Å². The second-order valence-corrected chi connectivity index (χ2v) is 4.38. The number of carbonyl (C=O) groups excluding carboxylic acids is 1. The van der Waals surface area contributed by atoms with Crippen LogP contribution in [0.3, 0.4) is 0 Å². The SMILES string of the molecule is N[C@H]1CCN(c2ccc(C(F)(F)F)cc2C=O)C1. The molecule has 2 N–H and O–H groups in total. The van der Waals surface area contributed by atoms with E-state index in [1.54, 1.807) is 0 Å². The van der Waals surface area contributed by atoms with E-state index in [1.165, 1.54) is 6.07 Å². The maximum Gasteiger partial charge on any atom is 0.416 e. The molecule has 0 aromatic heterocycles. The van der Waals surface area contributed by atoms with Crippen LogP contribution in [0, 0.1) is 0 Å². The standard InChI is InChI=1S/C12H13F3N2O/c13-12(14,15)9-1-2-11(8(5-9)7-18)17-4-3-10(16)6-17/h1-2,5,7,10H,3-4,6,16H2/t10-/m0/s1. The van der Waals surface area contributed by atoms with Crippen molar-refractivity contribution in [3.05, 3.63) is 29.3 Å². The molecule has 2 rings (SSSR count). The van der Waals surface area contributed by atoms with Crippen LogP contribution in [0.25, 0.3) is 0 Å². The van der Waals surface area contributed by atoms with Crippen LogP contribution in [0.1, 0.15) is 22.3 Å². The van der Waals surface area contributed by atoms with Gasteiger partial charge in [-0.15, -0.1) is 0 Å². The second kappa shape index (κ2) is 4.61. The lowest BCUT2D eigenvalue weighted by Gasteiger charge is -2.20. The van der Waals surface area contributed by atoms with Crippen molar-refractivity contribution in [1.82, 2.24) is 0 Å². The van der Waals surface area contributed by atoms with Gasteiger partial charge in [-0.3, -0.25) is 4.79 Å². The number of nitrogens with two attached hydrogens (primary N) is 1. The van der Waals surface area contributed by atoms with E-state index in [0.29, 0.717) is 25.1 Å². The van der Waals surface area contributed by atoms with Crippen molar-refractivity contribution in [2.75, 3.05) is 18.0 Å². The number of halogens is 3. The molecule has 98 valence electrons. The largest absolute Gasteiger partial charge is 0.416 e. The highest BCUT2D eigenvalue weighted by molar-refractivity contribution is 5.85. The molecule has 1 atom stereocenters. The van der Waals surface area contributed by atoms with Crippen LogP contribution in [0.5, 0.6) is 0 Å². The van der Waals surface area contributed by atoms with E-state index in [0.717, 1.165) is 18.6 Å². The first-order valence-corrected chi connectivity index (χ1v) is 5.59. The summed E-state index contributed by atoms with van der Waals surface area (Å²) in [6.07, 6.45) is -3.20. The number of hydrogen-bond acceptors (Lipinski definition) is 3. The van der Waals surface area contributed by atoms with Crippen molar-refractivity contribution < 1.29 is 18.0 Å². The summed E-state index contributed by atoms with van der Waals surface area (Å²) in [5.41, 5.74) is 5.51. The fourth-order valence-corrected chi connectivity index (χ4v) is 2.12. The first-order valence-electron chi connectivity index (χ1n) is 5.59. The summed E-state index contributed by atoms with van der Waals surface area (Å²) < 4.78 is 37.6. The van der Waals surface area contributed by atoms with Crippen LogP contribution in [0.2, 0.25) is 0 Å². The number of aldehydes is 1. The van der Waals surface area contributed by atoms with Gasteiger partial charge in [0.05, 0.1) is 5.56 Å². The van der Waals surface area contributed by atoms with E-state index in [4.69, 9.17) is 5.73 Å². The molecular formula is C12H13F3N2O. The normalized spacial score (nSPS) is 20.2. The third kappa shape index (κ3) is 2.48. The summed E-state index contributed by atoms with van der Waals surface area (Å²) in [5.74, 6) is 0. The predicted molar refractivity (Wildman–Crippen MR) is 61.6 cm³/mol. The summed E-state index contributed by atoms with van der Waals surface area (Å²) in [6, 6.07) is 3.22. The van der Waals surface area contributed by atoms with E-state index in [9.17, 15) is 18.0 Å². The lowest BCUT2D eigenvalue weighted by atomic mass is 10.1. The molecule has 0 radical (unpaired) electrons. The Morgan fingerprint density at radius 2 is 2.11 bits per heavy atom. The smallest absolute Gasteiger partial charge is 0.369 e. The average Bonchev–Trinajstić information content (AvgIpc) is 2.73. The van der Waals surface area contributed by atoms with Gasteiger partial charge >= 0.3 is 6.18 Å². The Hall–Kier alpha value is -1.56. The number of benzene rings is 1. The average molecular weight is 258 g/mol. The Kier molecular flexibility index (Phi) is 3.30. The third-order valence-electron chi connectivity index (χ3n) is 3.05. The monoisotopic (exact) mass is 258 g/mol. The minimum absolute atomic E-state index is 0.00629. The summed E-state index contributed by atoms with van der Waals surface area (Å²) in [6.45, 7) is 1.22. The zero-order valence-corrected chi connectivity index (χ0v) is 9.57. The summed E-state index contributed by atoms with van der Waals surface area (Å²) in [7, 11) is 0. The molecular weight excluding hydrogens is 245 g/mol. The van der Waals surface area contributed by atoms with Gasteiger partial charge in [0, 0.05) is 30.4 Å². The Morgan fingerprint density at radius 1 is 1.39 bits per heavy atom. The van der Waals surface area contributed by atoms with Crippen LogP contribution >= 0.6 is 0 Å². The minimum Gasteiger partial charge on any atom is -0.369 e. The molecule has 0 spiro atoms. The number of hydrogen-bond donors (Lipinski definition) is 1. The lowest BCUT2D eigenvalue weighted by molar-refractivity contribution is -0.137. The van der Waals surface area contributed by atoms with E-state index in [2.05, 4.69) is 0 Å². The third-order valence-corrected chi connectivity index (χ3v) is 3.05. The zero-order chi connectivity index (χ0) is 13.3. The first-order chi connectivity index (χ1) is 8.41. The van der Waals surface area contributed by atoms with Crippen molar-refractivity contribution in [2.45, 2.75) is 18.6 Å². The predicted octanol–water partition coefficient (Wildman–Crippen LogP) is 2.06. The van der Waals surface area contributed by atoms with Crippen molar-refractivity contribution in [2.24, 2.45) is 5.73 Å². The number of nitrogens with zero attached hydrogens (tertiary/aromatic N) is 1.